The highest BCUT2D eigenvalue weighted by Crippen LogP contribution is 2.25. The van der Waals surface area contributed by atoms with Gasteiger partial charge in [-0.3, -0.25) is 4.79 Å². The fourth-order valence-electron chi connectivity index (χ4n) is 1.90. The maximum Gasteiger partial charge on any atom is 0.258 e. The second-order valence-electron chi connectivity index (χ2n) is 4.60. The summed E-state index contributed by atoms with van der Waals surface area (Å²) >= 11 is 0. The van der Waals surface area contributed by atoms with Crippen molar-refractivity contribution in [1.82, 2.24) is 4.90 Å². The minimum absolute atomic E-state index is 0.0291. The molecule has 1 aromatic rings. The number of carbonyl (C=O) groups is 1. The third-order valence-electron chi connectivity index (χ3n) is 2.56. The summed E-state index contributed by atoms with van der Waals surface area (Å²) in [6, 6.07) is 4.02. The molecule has 1 aromatic carbocycles. The number of hydrogen-bond acceptors (Lipinski definition) is 3. The Morgan fingerprint density at radius 3 is 2.12 bits per heavy atom. The maximum absolute atomic E-state index is 12.3. The van der Waals surface area contributed by atoms with Crippen LogP contribution >= 0.6 is 0 Å². The monoisotopic (exact) mass is 237 g/mol. The molecule has 0 radical (unpaired) electrons. The summed E-state index contributed by atoms with van der Waals surface area (Å²) in [5.41, 5.74) is 0.132. The van der Waals surface area contributed by atoms with Crippen molar-refractivity contribution in [1.29, 1.82) is 0 Å². The van der Waals surface area contributed by atoms with E-state index in [1.54, 1.807) is 4.90 Å². The molecule has 0 aliphatic carbocycles. The first-order valence-electron chi connectivity index (χ1n) is 5.69. The van der Waals surface area contributed by atoms with E-state index < -0.39 is 0 Å². The highest BCUT2D eigenvalue weighted by Gasteiger charge is 2.24. The van der Waals surface area contributed by atoms with Crippen molar-refractivity contribution in [3.05, 3.63) is 23.8 Å². The molecule has 2 N–H and O–H groups in total. The van der Waals surface area contributed by atoms with Crippen molar-refractivity contribution in [2.75, 3.05) is 0 Å². The van der Waals surface area contributed by atoms with E-state index in [2.05, 4.69) is 0 Å². The molecule has 4 heteroatoms. The zero-order chi connectivity index (χ0) is 13.2. The van der Waals surface area contributed by atoms with Gasteiger partial charge in [-0.1, -0.05) is 0 Å². The van der Waals surface area contributed by atoms with Gasteiger partial charge in [0.05, 0.1) is 5.56 Å². The summed E-state index contributed by atoms with van der Waals surface area (Å²) < 4.78 is 0. The Hall–Kier alpha value is -1.71. The molecule has 0 aliphatic rings. The molecule has 94 valence electrons. The number of benzene rings is 1. The van der Waals surface area contributed by atoms with Crippen molar-refractivity contribution in [2.24, 2.45) is 0 Å². The van der Waals surface area contributed by atoms with Crippen molar-refractivity contribution in [3.63, 3.8) is 0 Å². The lowest BCUT2D eigenvalue weighted by Crippen LogP contribution is -2.42. The predicted octanol–water partition coefficient (Wildman–Crippen LogP) is 2.36. The lowest BCUT2D eigenvalue weighted by Gasteiger charge is -2.31. The van der Waals surface area contributed by atoms with Crippen molar-refractivity contribution < 1.29 is 15.0 Å². The van der Waals surface area contributed by atoms with Gasteiger partial charge in [0.15, 0.2) is 0 Å². The summed E-state index contributed by atoms with van der Waals surface area (Å²) in [7, 11) is 0. The zero-order valence-electron chi connectivity index (χ0n) is 10.6. The standard InChI is InChI=1S/C13H19NO3/c1-8(2)14(9(3)4)13(17)11-7-10(15)5-6-12(11)16/h5-9,15-16H,1-4H3. The third kappa shape index (κ3) is 2.90. The van der Waals surface area contributed by atoms with E-state index in [4.69, 9.17) is 0 Å². The first-order chi connectivity index (χ1) is 7.84. The predicted molar refractivity (Wildman–Crippen MR) is 66.2 cm³/mol. The van der Waals surface area contributed by atoms with E-state index in [9.17, 15) is 15.0 Å². The molecule has 1 amide bonds. The first-order valence-corrected chi connectivity index (χ1v) is 5.69. The van der Waals surface area contributed by atoms with Crippen LogP contribution in [0, 0.1) is 0 Å². The molecule has 0 bridgehead atoms. The number of carbonyl (C=O) groups excluding carboxylic acids is 1. The van der Waals surface area contributed by atoms with Crippen LogP contribution in [0.2, 0.25) is 0 Å². The number of hydrogen-bond donors (Lipinski definition) is 2. The van der Waals surface area contributed by atoms with Crippen LogP contribution in [-0.4, -0.2) is 33.1 Å². The Balaban J connectivity index is 3.14. The van der Waals surface area contributed by atoms with Gasteiger partial charge in [-0.2, -0.15) is 0 Å². The number of phenolic OH excluding ortho intramolecular Hbond substituents is 2. The van der Waals surface area contributed by atoms with Gasteiger partial charge in [0, 0.05) is 12.1 Å². The van der Waals surface area contributed by atoms with E-state index in [1.807, 2.05) is 27.7 Å². The molecule has 0 unspecified atom stereocenters. The Morgan fingerprint density at radius 1 is 1.12 bits per heavy atom. The molecular formula is C13H19NO3. The van der Waals surface area contributed by atoms with Crippen LogP contribution in [0.25, 0.3) is 0 Å². The fourth-order valence-corrected chi connectivity index (χ4v) is 1.90. The first kappa shape index (κ1) is 13.4. The van der Waals surface area contributed by atoms with Gasteiger partial charge < -0.3 is 15.1 Å². The summed E-state index contributed by atoms with van der Waals surface area (Å²) in [5, 5.41) is 19.0. The van der Waals surface area contributed by atoms with Gasteiger partial charge in [0.1, 0.15) is 11.5 Å². The van der Waals surface area contributed by atoms with Crippen molar-refractivity contribution in [2.45, 2.75) is 39.8 Å². The molecule has 4 nitrogen and oxygen atoms in total. The van der Waals surface area contributed by atoms with Gasteiger partial charge in [0.25, 0.3) is 5.91 Å². The number of rotatable bonds is 3. The Morgan fingerprint density at radius 2 is 1.65 bits per heavy atom. The van der Waals surface area contributed by atoms with Gasteiger partial charge in [0.2, 0.25) is 0 Å². The normalized spacial score (nSPS) is 10.9. The Labute approximate surface area is 101 Å². The lowest BCUT2D eigenvalue weighted by molar-refractivity contribution is 0.0640. The van der Waals surface area contributed by atoms with Crippen molar-refractivity contribution >= 4 is 5.91 Å². The minimum Gasteiger partial charge on any atom is -0.508 e. The highest BCUT2D eigenvalue weighted by molar-refractivity contribution is 5.97. The molecular weight excluding hydrogens is 218 g/mol. The number of phenols is 2. The summed E-state index contributed by atoms with van der Waals surface area (Å²) in [6.07, 6.45) is 0. The van der Waals surface area contributed by atoms with Crippen LogP contribution in [0.3, 0.4) is 0 Å². The fraction of sp³-hybridized carbons (Fsp3) is 0.462. The van der Waals surface area contributed by atoms with Crippen LogP contribution in [0.15, 0.2) is 18.2 Å². The van der Waals surface area contributed by atoms with Gasteiger partial charge in [-0.05, 0) is 45.9 Å². The minimum atomic E-state index is -0.275. The number of amides is 1. The van der Waals surface area contributed by atoms with E-state index >= 15 is 0 Å². The molecule has 0 atom stereocenters. The Kier molecular flexibility index (Phi) is 3.99. The van der Waals surface area contributed by atoms with Crippen molar-refractivity contribution in [3.8, 4) is 11.5 Å². The number of aromatic hydroxyl groups is 2. The molecule has 0 aromatic heterocycles. The second-order valence-corrected chi connectivity index (χ2v) is 4.60. The zero-order valence-corrected chi connectivity index (χ0v) is 10.6. The van der Waals surface area contributed by atoms with E-state index in [-0.39, 0.29) is 35.1 Å². The smallest absolute Gasteiger partial charge is 0.258 e. The van der Waals surface area contributed by atoms with Crippen LogP contribution < -0.4 is 0 Å². The van der Waals surface area contributed by atoms with Crippen LogP contribution in [0.4, 0.5) is 0 Å². The topological polar surface area (TPSA) is 60.8 Å². The van der Waals surface area contributed by atoms with E-state index in [0.717, 1.165) is 0 Å². The number of nitrogens with zero attached hydrogens (tertiary/aromatic N) is 1. The van der Waals surface area contributed by atoms with Crippen LogP contribution in [-0.2, 0) is 0 Å². The molecule has 0 fully saturated rings. The summed E-state index contributed by atoms with van der Waals surface area (Å²) in [6.45, 7) is 7.66. The van der Waals surface area contributed by atoms with Gasteiger partial charge in [-0.15, -0.1) is 0 Å². The van der Waals surface area contributed by atoms with E-state index in [1.165, 1.54) is 18.2 Å². The maximum atomic E-state index is 12.3. The summed E-state index contributed by atoms with van der Waals surface area (Å²) in [5.74, 6) is -0.416. The molecule has 17 heavy (non-hydrogen) atoms. The average Bonchev–Trinajstić information content (AvgIpc) is 2.20. The third-order valence-corrected chi connectivity index (χ3v) is 2.56. The molecule has 0 heterocycles. The molecule has 1 rings (SSSR count). The Bertz CT molecular complexity index is 405. The molecule has 0 saturated heterocycles. The largest absolute Gasteiger partial charge is 0.508 e. The lowest BCUT2D eigenvalue weighted by atomic mass is 10.1. The van der Waals surface area contributed by atoms with E-state index in [0.29, 0.717) is 0 Å². The molecule has 0 saturated carbocycles. The quantitative estimate of drug-likeness (QED) is 0.793. The molecule has 0 aliphatic heterocycles. The second kappa shape index (κ2) is 5.08. The highest BCUT2D eigenvalue weighted by atomic mass is 16.3. The summed E-state index contributed by atoms with van der Waals surface area (Å²) in [4.78, 5) is 13.9. The van der Waals surface area contributed by atoms with Crippen LogP contribution in [0.1, 0.15) is 38.1 Å². The average molecular weight is 237 g/mol. The SMILES string of the molecule is CC(C)N(C(=O)c1cc(O)ccc1O)C(C)C. The van der Waals surface area contributed by atoms with Gasteiger partial charge in [-0.25, -0.2) is 0 Å². The molecule has 0 spiro atoms. The van der Waals surface area contributed by atoms with Crippen LogP contribution in [0.5, 0.6) is 11.5 Å². The van der Waals surface area contributed by atoms with Gasteiger partial charge >= 0.3 is 0 Å².